The van der Waals surface area contributed by atoms with E-state index < -0.39 is 0 Å². The zero-order chi connectivity index (χ0) is 39.2. The molecule has 0 aliphatic heterocycles. The first-order chi connectivity index (χ1) is 29.0. The van der Waals surface area contributed by atoms with Gasteiger partial charge in [0.25, 0.3) is 0 Å². The minimum absolute atomic E-state index is 0.121. The quantitative estimate of drug-likeness (QED) is 0.164. The Morgan fingerprint density at radius 1 is 0.458 bits per heavy atom. The predicted molar refractivity (Wildman–Crippen MR) is 249 cm³/mol. The SMILES string of the molecule is CC1(C)c2ccccc2-c2cc3c4cc(-c5cc(-c6ccccc6)nc(-c6ccccc6)c5)ccc4n(-c4ccc5c(c4)c4c(c6ccccc65)C=CC=CC4)c3cc21. The van der Waals surface area contributed by atoms with Gasteiger partial charge in [0.15, 0.2) is 0 Å². The number of nitrogens with zero attached hydrogens (tertiary/aromatic N) is 2. The molecule has 59 heavy (non-hydrogen) atoms. The molecule has 0 atom stereocenters. The van der Waals surface area contributed by atoms with Crippen LogP contribution < -0.4 is 0 Å². The first kappa shape index (κ1) is 33.8. The monoisotopic (exact) mass is 752 g/mol. The summed E-state index contributed by atoms with van der Waals surface area (Å²) < 4.78 is 2.52. The van der Waals surface area contributed by atoms with Gasteiger partial charge in [-0.2, -0.15) is 0 Å². The Balaban J connectivity index is 1.14. The topological polar surface area (TPSA) is 17.8 Å². The van der Waals surface area contributed by atoms with Crippen LogP contribution in [0.25, 0.3) is 99.9 Å². The molecule has 2 aromatic heterocycles. The Morgan fingerprint density at radius 2 is 1.14 bits per heavy atom. The highest BCUT2D eigenvalue weighted by Gasteiger charge is 2.36. The molecule has 0 spiro atoms. The van der Waals surface area contributed by atoms with Gasteiger partial charge >= 0.3 is 0 Å². The van der Waals surface area contributed by atoms with Crippen LogP contribution in [0.1, 0.15) is 36.1 Å². The molecule has 0 N–H and O–H groups in total. The standard InChI is InChI=1S/C57H40N2/c1-57(2)51-25-15-14-24-46(51)48-34-50-49-30-38(39-31-53(36-16-6-3-7-17-36)58-54(32-39)37-18-8-4-9-19-37)26-29-55(49)59(56(50)35-52(48)57)40-27-28-45-43-23-13-12-22-41(43)42-20-10-5-11-21-44(42)47(45)33-40/h3-20,22-35H,21H2,1-2H3. The number of aromatic nitrogens is 2. The van der Waals surface area contributed by atoms with Crippen molar-refractivity contribution in [3.8, 4) is 50.5 Å². The van der Waals surface area contributed by atoms with Gasteiger partial charge in [-0.1, -0.05) is 159 Å². The first-order valence-electron chi connectivity index (χ1n) is 20.7. The highest BCUT2D eigenvalue weighted by Crippen LogP contribution is 2.51. The summed E-state index contributed by atoms with van der Waals surface area (Å²) in [5.74, 6) is 0. The van der Waals surface area contributed by atoms with Gasteiger partial charge in [0, 0.05) is 33.0 Å². The second-order valence-corrected chi connectivity index (χ2v) is 16.7. The summed E-state index contributed by atoms with van der Waals surface area (Å²) in [7, 11) is 0. The third-order valence-electron chi connectivity index (χ3n) is 13.0. The molecule has 278 valence electrons. The highest BCUT2D eigenvalue weighted by molar-refractivity contribution is 6.15. The normalized spacial score (nSPS) is 13.9. The van der Waals surface area contributed by atoms with E-state index >= 15 is 0 Å². The summed E-state index contributed by atoms with van der Waals surface area (Å²) in [5.41, 5.74) is 18.1. The highest BCUT2D eigenvalue weighted by atomic mass is 15.0. The fourth-order valence-corrected chi connectivity index (χ4v) is 10.1. The Labute approximate surface area is 344 Å². The summed E-state index contributed by atoms with van der Waals surface area (Å²) in [5, 5.41) is 7.72. The van der Waals surface area contributed by atoms with E-state index in [2.05, 4.69) is 213 Å². The predicted octanol–water partition coefficient (Wildman–Crippen LogP) is 14.9. The number of rotatable bonds is 4. The van der Waals surface area contributed by atoms with Crippen molar-refractivity contribution in [1.82, 2.24) is 9.55 Å². The Morgan fingerprint density at radius 3 is 1.92 bits per heavy atom. The van der Waals surface area contributed by atoms with E-state index in [1.165, 1.54) is 88.0 Å². The molecule has 8 aromatic carbocycles. The van der Waals surface area contributed by atoms with E-state index in [1.54, 1.807) is 0 Å². The third-order valence-corrected chi connectivity index (χ3v) is 13.0. The van der Waals surface area contributed by atoms with Crippen molar-refractivity contribution < 1.29 is 0 Å². The van der Waals surface area contributed by atoms with E-state index in [-0.39, 0.29) is 5.41 Å². The maximum Gasteiger partial charge on any atom is 0.0715 e. The lowest BCUT2D eigenvalue weighted by Gasteiger charge is -2.22. The molecule has 2 heterocycles. The molecule has 0 saturated carbocycles. The minimum Gasteiger partial charge on any atom is -0.309 e. The van der Waals surface area contributed by atoms with Crippen molar-refractivity contribution in [1.29, 1.82) is 0 Å². The molecule has 10 aromatic rings. The third kappa shape index (κ3) is 5.16. The lowest BCUT2D eigenvalue weighted by Crippen LogP contribution is -2.14. The second kappa shape index (κ2) is 12.9. The van der Waals surface area contributed by atoms with Crippen LogP contribution in [-0.4, -0.2) is 9.55 Å². The summed E-state index contributed by atoms with van der Waals surface area (Å²) in [6, 6.07) is 62.6. The van der Waals surface area contributed by atoms with Gasteiger partial charge in [0.05, 0.1) is 22.4 Å². The zero-order valence-corrected chi connectivity index (χ0v) is 33.1. The van der Waals surface area contributed by atoms with Gasteiger partial charge in [0.1, 0.15) is 0 Å². The fraction of sp³-hybridized carbons (Fsp3) is 0.0702. The molecule has 12 rings (SSSR count). The fourth-order valence-electron chi connectivity index (χ4n) is 10.1. The van der Waals surface area contributed by atoms with Gasteiger partial charge < -0.3 is 4.57 Å². The van der Waals surface area contributed by atoms with E-state index in [1.807, 2.05) is 0 Å². The van der Waals surface area contributed by atoms with E-state index in [9.17, 15) is 0 Å². The minimum atomic E-state index is -0.121. The van der Waals surface area contributed by atoms with Gasteiger partial charge in [-0.3, -0.25) is 0 Å². The second-order valence-electron chi connectivity index (χ2n) is 16.7. The molecule has 2 nitrogen and oxygen atoms in total. The largest absolute Gasteiger partial charge is 0.309 e. The van der Waals surface area contributed by atoms with Crippen LogP contribution in [0.15, 0.2) is 188 Å². The van der Waals surface area contributed by atoms with E-state index in [0.29, 0.717) is 0 Å². The van der Waals surface area contributed by atoms with Crippen LogP contribution in [0, 0.1) is 0 Å². The van der Waals surface area contributed by atoms with Gasteiger partial charge in [0.2, 0.25) is 0 Å². The summed E-state index contributed by atoms with van der Waals surface area (Å²) in [4.78, 5) is 5.20. The van der Waals surface area contributed by atoms with Crippen molar-refractivity contribution in [3.63, 3.8) is 0 Å². The number of benzene rings is 8. The molecular weight excluding hydrogens is 713 g/mol. The molecule has 0 radical (unpaired) electrons. The number of allylic oxidation sites excluding steroid dienone is 3. The lowest BCUT2D eigenvalue weighted by molar-refractivity contribution is 0.661. The van der Waals surface area contributed by atoms with Gasteiger partial charge in [-0.15, -0.1) is 0 Å². The molecular formula is C57H40N2. The summed E-state index contributed by atoms with van der Waals surface area (Å²) >= 11 is 0. The van der Waals surface area contributed by atoms with Crippen molar-refractivity contribution in [2.75, 3.05) is 0 Å². The van der Waals surface area contributed by atoms with Gasteiger partial charge in [-0.25, -0.2) is 4.98 Å². The van der Waals surface area contributed by atoms with Gasteiger partial charge in [-0.05, 0) is 121 Å². The van der Waals surface area contributed by atoms with Crippen LogP contribution in [-0.2, 0) is 11.8 Å². The first-order valence-corrected chi connectivity index (χ1v) is 20.7. The Kier molecular flexibility index (Phi) is 7.37. The van der Waals surface area contributed by atoms with Crippen molar-refractivity contribution in [3.05, 3.63) is 210 Å². The van der Waals surface area contributed by atoms with E-state index in [4.69, 9.17) is 4.98 Å². The Hall–Kier alpha value is -7.29. The van der Waals surface area contributed by atoms with Crippen LogP contribution in [0.4, 0.5) is 0 Å². The molecule has 0 saturated heterocycles. The average molecular weight is 753 g/mol. The molecule has 0 fully saturated rings. The van der Waals surface area contributed by atoms with E-state index in [0.717, 1.165) is 34.5 Å². The lowest BCUT2D eigenvalue weighted by atomic mass is 9.82. The number of pyridine rings is 1. The Bertz CT molecular complexity index is 3360. The van der Waals surface area contributed by atoms with Crippen molar-refractivity contribution in [2.45, 2.75) is 25.7 Å². The van der Waals surface area contributed by atoms with Crippen LogP contribution >= 0.6 is 0 Å². The number of fused-ring (bicyclic) bond motifs is 12. The molecule has 0 bridgehead atoms. The smallest absolute Gasteiger partial charge is 0.0715 e. The molecule has 2 heteroatoms. The molecule has 0 amide bonds. The van der Waals surface area contributed by atoms with Crippen molar-refractivity contribution in [2.24, 2.45) is 0 Å². The maximum atomic E-state index is 5.20. The van der Waals surface area contributed by atoms with Crippen LogP contribution in [0.2, 0.25) is 0 Å². The van der Waals surface area contributed by atoms with Crippen molar-refractivity contribution >= 4 is 49.4 Å². The van der Waals surface area contributed by atoms with Crippen LogP contribution in [0.5, 0.6) is 0 Å². The summed E-state index contributed by atoms with van der Waals surface area (Å²) in [6.45, 7) is 4.76. The molecule has 2 aliphatic rings. The summed E-state index contributed by atoms with van der Waals surface area (Å²) in [6.07, 6.45) is 9.85. The molecule has 2 aliphatic carbocycles. The van der Waals surface area contributed by atoms with Crippen LogP contribution in [0.3, 0.4) is 0 Å². The average Bonchev–Trinajstić information content (AvgIpc) is 3.56. The maximum absolute atomic E-state index is 5.20. The molecule has 0 unspecified atom stereocenters. The number of hydrogen-bond acceptors (Lipinski definition) is 1. The zero-order valence-electron chi connectivity index (χ0n) is 33.1. The number of hydrogen-bond donors (Lipinski definition) is 0.